The van der Waals surface area contributed by atoms with E-state index in [9.17, 15) is 13.2 Å². The van der Waals surface area contributed by atoms with Crippen molar-refractivity contribution < 1.29 is 23.4 Å². The lowest BCUT2D eigenvalue weighted by atomic mass is 9.94. The molecule has 0 spiro atoms. The van der Waals surface area contributed by atoms with Crippen LogP contribution in [-0.4, -0.2) is 80.7 Å². The van der Waals surface area contributed by atoms with E-state index in [4.69, 9.17) is 10.2 Å². The number of hydrogen-bond acceptors (Lipinski definition) is 7. The van der Waals surface area contributed by atoms with Crippen molar-refractivity contribution >= 4 is 39.1 Å². The molecule has 0 aliphatic carbocycles. The molecule has 0 unspecified atom stereocenters. The second kappa shape index (κ2) is 18.8. The summed E-state index contributed by atoms with van der Waals surface area (Å²) in [5, 5.41) is 17.5. The van der Waals surface area contributed by atoms with Crippen LogP contribution in [-0.2, 0) is 14.8 Å². The number of aliphatic hydroxyl groups is 1. The van der Waals surface area contributed by atoms with Gasteiger partial charge in [-0.2, -0.15) is 0 Å². The molecule has 0 radical (unpaired) electrons. The minimum absolute atomic E-state index is 0.294. The van der Waals surface area contributed by atoms with E-state index in [1.807, 2.05) is 18.2 Å². The second-order valence-electron chi connectivity index (χ2n) is 12.1. The maximum Gasteiger partial charge on any atom is 0.303 e. The maximum absolute atomic E-state index is 12.7. The number of benzene rings is 2. The fourth-order valence-electron chi connectivity index (χ4n) is 5.79. The highest BCUT2D eigenvalue weighted by Gasteiger charge is 2.27. The van der Waals surface area contributed by atoms with Gasteiger partial charge < -0.3 is 20.0 Å². The molecular formula is C34H53N3O5S2. The van der Waals surface area contributed by atoms with Gasteiger partial charge >= 0.3 is 5.97 Å². The molecule has 0 atom stereocenters. The minimum Gasteiger partial charge on any atom is -0.481 e. The monoisotopic (exact) mass is 647 g/mol. The highest BCUT2D eigenvalue weighted by molar-refractivity contribution is 7.99. The lowest BCUT2D eigenvalue weighted by Crippen LogP contribution is -2.36. The van der Waals surface area contributed by atoms with Crippen LogP contribution in [0.5, 0.6) is 0 Å². The lowest BCUT2D eigenvalue weighted by molar-refractivity contribution is -0.137. The molecule has 1 fully saturated rings. The second-order valence-corrected chi connectivity index (χ2v) is 15.3. The number of piperidine rings is 1. The first-order valence-corrected chi connectivity index (χ1v) is 18.6. The molecule has 4 rings (SSSR count). The summed E-state index contributed by atoms with van der Waals surface area (Å²) < 4.78 is 26.8. The molecule has 2 aromatic carbocycles. The predicted molar refractivity (Wildman–Crippen MR) is 181 cm³/mol. The van der Waals surface area contributed by atoms with E-state index in [0.29, 0.717) is 23.8 Å². The number of para-hydroxylation sites is 1. The molecule has 2 aliphatic heterocycles. The zero-order valence-corrected chi connectivity index (χ0v) is 28.5. The number of aliphatic carboxylic acids is 1. The number of carboxylic acid groups (broad SMARTS) is 1. The molecule has 2 aromatic rings. The molecule has 0 bridgehead atoms. The quantitative estimate of drug-likeness (QED) is 0.184. The van der Waals surface area contributed by atoms with Crippen molar-refractivity contribution in [3.05, 3.63) is 42.5 Å². The molecule has 0 amide bonds. The first-order valence-electron chi connectivity index (χ1n) is 16.3. The SMILES string of the molecule is CCCCCCCCCC(=O)O.CN(C)S(=O)(=O)c1ccc2c(c1)N(CCCN1CCC(CCO)CC1)c1ccccc1S2. The van der Waals surface area contributed by atoms with Crippen molar-refractivity contribution in [2.24, 2.45) is 5.92 Å². The van der Waals surface area contributed by atoms with Gasteiger partial charge in [0.05, 0.1) is 16.3 Å². The first-order chi connectivity index (χ1) is 21.2. The molecule has 2 heterocycles. The highest BCUT2D eigenvalue weighted by atomic mass is 32.2. The number of carbonyl (C=O) groups is 1. The number of unbranched alkanes of at least 4 members (excludes halogenated alkanes) is 6. The molecular weight excluding hydrogens is 595 g/mol. The summed E-state index contributed by atoms with van der Waals surface area (Å²) in [6.07, 6.45) is 12.9. The van der Waals surface area contributed by atoms with E-state index in [-0.39, 0.29) is 0 Å². The molecule has 2 aliphatic rings. The van der Waals surface area contributed by atoms with Gasteiger partial charge in [0.25, 0.3) is 0 Å². The van der Waals surface area contributed by atoms with Crippen molar-refractivity contribution in [2.45, 2.75) is 98.7 Å². The summed E-state index contributed by atoms with van der Waals surface area (Å²) in [5.74, 6) is -0.00486. The summed E-state index contributed by atoms with van der Waals surface area (Å²) >= 11 is 1.70. The molecule has 1 saturated heterocycles. The van der Waals surface area contributed by atoms with Crippen molar-refractivity contribution in [2.75, 3.05) is 51.8 Å². The van der Waals surface area contributed by atoms with Crippen molar-refractivity contribution in [1.82, 2.24) is 9.21 Å². The number of nitrogens with zero attached hydrogens (tertiary/aromatic N) is 3. The van der Waals surface area contributed by atoms with Crippen LogP contribution < -0.4 is 4.90 Å². The number of anilines is 2. The van der Waals surface area contributed by atoms with Gasteiger partial charge in [-0.05, 0) is 88.0 Å². The summed E-state index contributed by atoms with van der Waals surface area (Å²) in [4.78, 5) is 17.6. The number of aliphatic hydroxyl groups excluding tert-OH is 1. The van der Waals surface area contributed by atoms with Crippen LogP contribution in [0.2, 0.25) is 0 Å². The Hall–Kier alpha value is -2.11. The third-order valence-corrected chi connectivity index (χ3v) is 11.4. The molecule has 2 N–H and O–H groups in total. The van der Waals surface area contributed by atoms with Crippen molar-refractivity contribution in [1.29, 1.82) is 0 Å². The van der Waals surface area contributed by atoms with Gasteiger partial charge in [-0.25, -0.2) is 12.7 Å². The zero-order chi connectivity index (χ0) is 32.0. The summed E-state index contributed by atoms with van der Waals surface area (Å²) in [6, 6.07) is 13.8. The fourth-order valence-corrected chi connectivity index (χ4v) is 7.79. The Balaban J connectivity index is 0.000000375. The average Bonchev–Trinajstić information content (AvgIpc) is 3.01. The van der Waals surface area contributed by atoms with Crippen LogP contribution in [0, 0.1) is 5.92 Å². The molecule has 0 aromatic heterocycles. The van der Waals surface area contributed by atoms with Crippen LogP contribution in [0.4, 0.5) is 11.4 Å². The highest BCUT2D eigenvalue weighted by Crippen LogP contribution is 2.48. The van der Waals surface area contributed by atoms with E-state index in [0.717, 1.165) is 68.1 Å². The Labute approximate surface area is 269 Å². The van der Waals surface area contributed by atoms with Gasteiger partial charge in [0, 0.05) is 43.5 Å². The van der Waals surface area contributed by atoms with Gasteiger partial charge in [0.15, 0.2) is 0 Å². The third-order valence-electron chi connectivity index (χ3n) is 8.47. The van der Waals surface area contributed by atoms with E-state index in [1.54, 1.807) is 31.9 Å². The van der Waals surface area contributed by atoms with Crippen LogP contribution in [0.15, 0.2) is 57.2 Å². The number of likely N-dealkylation sites (tertiary alicyclic amines) is 1. The summed E-state index contributed by atoms with van der Waals surface area (Å²) in [6.45, 7) is 6.56. The van der Waals surface area contributed by atoms with Crippen molar-refractivity contribution in [3.8, 4) is 0 Å². The van der Waals surface area contributed by atoms with Gasteiger partial charge in [-0.1, -0.05) is 69.3 Å². The van der Waals surface area contributed by atoms with Crippen molar-refractivity contribution in [3.63, 3.8) is 0 Å². The number of rotatable bonds is 16. The Bertz CT molecular complexity index is 1260. The molecule has 8 nitrogen and oxygen atoms in total. The number of carboxylic acids is 1. The first kappa shape index (κ1) is 36.4. The summed E-state index contributed by atoms with van der Waals surface area (Å²) in [5.41, 5.74) is 2.12. The van der Waals surface area contributed by atoms with E-state index < -0.39 is 16.0 Å². The van der Waals surface area contributed by atoms with Crippen LogP contribution in [0.1, 0.15) is 84.0 Å². The average molecular weight is 648 g/mol. The van der Waals surface area contributed by atoms with Crippen LogP contribution >= 0.6 is 11.8 Å². The van der Waals surface area contributed by atoms with Crippen LogP contribution in [0.3, 0.4) is 0 Å². The van der Waals surface area contributed by atoms with Gasteiger partial charge in [-0.3, -0.25) is 4.79 Å². The summed E-state index contributed by atoms with van der Waals surface area (Å²) in [7, 11) is -0.348. The Kier molecular flexibility index (Phi) is 15.5. The maximum atomic E-state index is 12.7. The predicted octanol–water partition coefficient (Wildman–Crippen LogP) is 7.24. The van der Waals surface area contributed by atoms with Gasteiger partial charge in [-0.15, -0.1) is 0 Å². The van der Waals surface area contributed by atoms with E-state index in [2.05, 4.69) is 34.9 Å². The topological polar surface area (TPSA) is 101 Å². The third kappa shape index (κ3) is 11.1. The molecule has 246 valence electrons. The Morgan fingerprint density at radius 3 is 2.23 bits per heavy atom. The number of sulfonamides is 1. The van der Waals surface area contributed by atoms with Gasteiger partial charge in [0.2, 0.25) is 10.0 Å². The Morgan fingerprint density at radius 1 is 0.909 bits per heavy atom. The fraction of sp³-hybridized carbons (Fsp3) is 0.618. The van der Waals surface area contributed by atoms with Gasteiger partial charge in [0.1, 0.15) is 0 Å². The van der Waals surface area contributed by atoms with E-state index in [1.165, 1.54) is 54.1 Å². The lowest BCUT2D eigenvalue weighted by Gasteiger charge is -2.35. The number of hydrogen-bond donors (Lipinski definition) is 2. The minimum atomic E-state index is -3.49. The molecule has 10 heteroatoms. The Morgan fingerprint density at radius 2 is 1.57 bits per heavy atom. The van der Waals surface area contributed by atoms with Crippen LogP contribution in [0.25, 0.3) is 0 Å². The number of fused-ring (bicyclic) bond motifs is 2. The standard InChI is InChI=1S/C24H33N3O3S2.C10H20O2/c1-25(2)32(29,30)20-8-9-24-22(18-20)27(21-6-3-4-7-23(21)31-24)14-5-13-26-15-10-19(11-16-26)12-17-28;1-2-3-4-5-6-7-8-9-10(11)12/h3-4,6-9,18-19,28H,5,10-17H2,1-2H3;2-9H2,1H3,(H,11,12). The normalized spacial score (nSPS) is 15.4. The zero-order valence-electron chi connectivity index (χ0n) is 26.9. The van der Waals surface area contributed by atoms with E-state index >= 15 is 0 Å². The molecule has 44 heavy (non-hydrogen) atoms. The molecule has 0 saturated carbocycles. The smallest absolute Gasteiger partial charge is 0.303 e. The largest absolute Gasteiger partial charge is 0.481 e.